The van der Waals surface area contributed by atoms with Crippen LogP contribution in [0.1, 0.15) is 13.3 Å². The number of carbonyl (C=O) groups excluding carboxylic acids is 1. The van der Waals surface area contributed by atoms with Crippen LogP contribution in [0.2, 0.25) is 0 Å². The molecule has 0 aliphatic rings. The molecule has 0 saturated heterocycles. The highest BCUT2D eigenvalue weighted by atomic mass is 32.2. The van der Waals surface area contributed by atoms with Gasteiger partial charge in [0, 0.05) is 17.1 Å². The summed E-state index contributed by atoms with van der Waals surface area (Å²) < 4.78 is 5.10. The van der Waals surface area contributed by atoms with Crippen molar-refractivity contribution < 1.29 is 9.53 Å². The van der Waals surface area contributed by atoms with Gasteiger partial charge in [-0.1, -0.05) is 6.07 Å². The Morgan fingerprint density at radius 1 is 1.50 bits per heavy atom. The first-order valence-electron chi connectivity index (χ1n) is 4.48. The van der Waals surface area contributed by atoms with Gasteiger partial charge in [0.25, 0.3) is 0 Å². The third kappa shape index (κ3) is 3.83. The van der Waals surface area contributed by atoms with Gasteiger partial charge in [-0.25, -0.2) is 0 Å². The summed E-state index contributed by atoms with van der Waals surface area (Å²) in [6, 6.07) is 7.86. The maximum Gasteiger partial charge on any atom is 0.130 e. The summed E-state index contributed by atoms with van der Waals surface area (Å²) in [4.78, 5) is 11.9. The topological polar surface area (TPSA) is 26.3 Å². The van der Waals surface area contributed by atoms with Crippen LogP contribution in [-0.2, 0) is 4.79 Å². The first-order valence-corrected chi connectivity index (χ1v) is 5.47. The Labute approximate surface area is 88.7 Å². The minimum atomic E-state index is 0.236. The molecule has 0 bridgehead atoms. The van der Waals surface area contributed by atoms with Gasteiger partial charge in [0.15, 0.2) is 0 Å². The molecule has 3 heteroatoms. The lowest BCUT2D eigenvalue weighted by Crippen LogP contribution is -1.91. The Bertz CT molecular complexity index is 310. The van der Waals surface area contributed by atoms with Crippen molar-refractivity contribution in [3.8, 4) is 5.75 Å². The SMILES string of the molecule is COc1cccc(SCCC(C)=O)c1. The second kappa shape index (κ2) is 5.70. The van der Waals surface area contributed by atoms with E-state index in [1.807, 2.05) is 24.3 Å². The number of rotatable bonds is 5. The number of methoxy groups -OCH3 is 1. The van der Waals surface area contributed by atoms with Crippen molar-refractivity contribution >= 4 is 17.5 Å². The zero-order valence-corrected chi connectivity index (χ0v) is 9.26. The number of benzene rings is 1. The molecule has 1 rings (SSSR count). The first-order chi connectivity index (χ1) is 6.72. The molecule has 0 saturated carbocycles. The van der Waals surface area contributed by atoms with E-state index in [9.17, 15) is 4.79 Å². The molecule has 14 heavy (non-hydrogen) atoms. The van der Waals surface area contributed by atoms with Gasteiger partial charge in [-0.3, -0.25) is 4.79 Å². The number of hydrogen-bond donors (Lipinski definition) is 0. The van der Waals surface area contributed by atoms with Crippen LogP contribution >= 0.6 is 11.8 Å². The van der Waals surface area contributed by atoms with E-state index in [2.05, 4.69) is 0 Å². The van der Waals surface area contributed by atoms with Gasteiger partial charge >= 0.3 is 0 Å². The molecule has 0 heterocycles. The Kier molecular flexibility index (Phi) is 4.53. The largest absolute Gasteiger partial charge is 0.497 e. The molecule has 0 fully saturated rings. The normalized spacial score (nSPS) is 9.86. The van der Waals surface area contributed by atoms with Gasteiger partial charge in [0.1, 0.15) is 11.5 Å². The van der Waals surface area contributed by atoms with Gasteiger partial charge in [-0.15, -0.1) is 11.8 Å². The molecule has 2 nitrogen and oxygen atoms in total. The molecule has 1 aromatic rings. The maximum absolute atomic E-state index is 10.7. The summed E-state index contributed by atoms with van der Waals surface area (Å²) >= 11 is 1.68. The lowest BCUT2D eigenvalue weighted by molar-refractivity contribution is -0.116. The number of carbonyl (C=O) groups is 1. The summed E-state index contributed by atoms with van der Waals surface area (Å²) in [5.74, 6) is 1.93. The van der Waals surface area contributed by atoms with Crippen LogP contribution in [0.3, 0.4) is 0 Å². The van der Waals surface area contributed by atoms with Crippen molar-refractivity contribution in [2.45, 2.75) is 18.2 Å². The Morgan fingerprint density at radius 2 is 2.29 bits per heavy atom. The monoisotopic (exact) mass is 210 g/mol. The quantitative estimate of drug-likeness (QED) is 0.699. The average Bonchev–Trinajstić information content (AvgIpc) is 2.18. The predicted octanol–water partition coefficient (Wildman–Crippen LogP) is 2.77. The molecule has 0 N–H and O–H groups in total. The van der Waals surface area contributed by atoms with Gasteiger partial charge in [-0.2, -0.15) is 0 Å². The number of thioether (sulfide) groups is 1. The third-order valence-corrected chi connectivity index (χ3v) is 2.76. The fourth-order valence-corrected chi connectivity index (χ4v) is 2.00. The number of hydrogen-bond acceptors (Lipinski definition) is 3. The van der Waals surface area contributed by atoms with Crippen LogP contribution in [-0.4, -0.2) is 18.6 Å². The minimum absolute atomic E-state index is 0.236. The van der Waals surface area contributed by atoms with Crippen molar-refractivity contribution in [3.63, 3.8) is 0 Å². The Balaban J connectivity index is 2.46. The fourth-order valence-electron chi connectivity index (χ4n) is 1.00. The third-order valence-electron chi connectivity index (χ3n) is 1.76. The van der Waals surface area contributed by atoms with Crippen molar-refractivity contribution in [2.75, 3.05) is 12.9 Å². The van der Waals surface area contributed by atoms with Crippen LogP contribution in [0, 0.1) is 0 Å². The zero-order chi connectivity index (χ0) is 10.4. The summed E-state index contributed by atoms with van der Waals surface area (Å²) in [5.41, 5.74) is 0. The molecule has 76 valence electrons. The van der Waals surface area contributed by atoms with Gasteiger partial charge in [0.2, 0.25) is 0 Å². The molecule has 0 atom stereocenters. The average molecular weight is 210 g/mol. The van der Waals surface area contributed by atoms with E-state index >= 15 is 0 Å². The van der Waals surface area contributed by atoms with E-state index in [1.54, 1.807) is 25.8 Å². The van der Waals surface area contributed by atoms with E-state index in [-0.39, 0.29) is 5.78 Å². The lowest BCUT2D eigenvalue weighted by Gasteiger charge is -2.03. The van der Waals surface area contributed by atoms with Crippen LogP contribution in [0.4, 0.5) is 0 Å². The zero-order valence-electron chi connectivity index (χ0n) is 8.45. The second-order valence-corrected chi connectivity index (χ2v) is 4.15. The van der Waals surface area contributed by atoms with E-state index in [1.165, 1.54) is 0 Å². The Hall–Kier alpha value is -0.960. The lowest BCUT2D eigenvalue weighted by atomic mass is 10.3. The Morgan fingerprint density at radius 3 is 2.93 bits per heavy atom. The molecule has 0 spiro atoms. The van der Waals surface area contributed by atoms with Crippen LogP contribution in [0.5, 0.6) is 5.75 Å². The van der Waals surface area contributed by atoms with Crippen molar-refractivity contribution in [2.24, 2.45) is 0 Å². The smallest absolute Gasteiger partial charge is 0.130 e. The van der Waals surface area contributed by atoms with E-state index in [0.717, 1.165) is 16.4 Å². The van der Waals surface area contributed by atoms with Crippen LogP contribution < -0.4 is 4.74 Å². The van der Waals surface area contributed by atoms with Crippen molar-refractivity contribution in [1.82, 2.24) is 0 Å². The molecular formula is C11H14O2S. The van der Waals surface area contributed by atoms with Gasteiger partial charge < -0.3 is 4.74 Å². The van der Waals surface area contributed by atoms with E-state index in [0.29, 0.717) is 6.42 Å². The molecule has 0 amide bonds. The minimum Gasteiger partial charge on any atom is -0.497 e. The summed E-state index contributed by atoms with van der Waals surface area (Å²) in [5, 5.41) is 0. The molecule has 0 aliphatic heterocycles. The molecule has 0 aromatic heterocycles. The number of ether oxygens (including phenoxy) is 1. The summed E-state index contributed by atoms with van der Waals surface area (Å²) in [7, 11) is 1.65. The van der Waals surface area contributed by atoms with Crippen LogP contribution in [0.25, 0.3) is 0 Å². The fraction of sp³-hybridized carbons (Fsp3) is 0.364. The van der Waals surface area contributed by atoms with E-state index < -0.39 is 0 Å². The van der Waals surface area contributed by atoms with E-state index in [4.69, 9.17) is 4.74 Å². The highest BCUT2D eigenvalue weighted by Gasteiger charge is 1.98. The highest BCUT2D eigenvalue weighted by Crippen LogP contribution is 2.23. The number of ketones is 1. The molecule has 0 aliphatic carbocycles. The summed E-state index contributed by atoms with van der Waals surface area (Å²) in [6.45, 7) is 1.62. The van der Waals surface area contributed by atoms with Gasteiger partial charge in [-0.05, 0) is 25.1 Å². The van der Waals surface area contributed by atoms with Crippen molar-refractivity contribution in [1.29, 1.82) is 0 Å². The van der Waals surface area contributed by atoms with Gasteiger partial charge in [0.05, 0.1) is 7.11 Å². The summed E-state index contributed by atoms with van der Waals surface area (Å²) in [6.07, 6.45) is 0.627. The first kappa shape index (κ1) is 11.1. The standard InChI is InChI=1S/C11H14O2S/c1-9(12)6-7-14-11-5-3-4-10(8-11)13-2/h3-5,8H,6-7H2,1-2H3. The molecule has 0 unspecified atom stereocenters. The predicted molar refractivity (Wildman–Crippen MR) is 59.0 cm³/mol. The second-order valence-electron chi connectivity index (χ2n) is 2.98. The van der Waals surface area contributed by atoms with Crippen LogP contribution in [0.15, 0.2) is 29.2 Å². The van der Waals surface area contributed by atoms with Crippen molar-refractivity contribution in [3.05, 3.63) is 24.3 Å². The molecule has 0 radical (unpaired) electrons. The highest BCUT2D eigenvalue weighted by molar-refractivity contribution is 7.99. The molecular weight excluding hydrogens is 196 g/mol. The number of Topliss-reactive ketones (excluding diaryl/α,β-unsaturated/α-hetero) is 1. The molecule has 1 aromatic carbocycles. The maximum atomic E-state index is 10.7.